The van der Waals surface area contributed by atoms with Crippen molar-refractivity contribution in [2.24, 2.45) is 0 Å². The number of carboxylic acids is 1. The fourth-order valence-electron chi connectivity index (χ4n) is 2.03. The molecule has 0 radical (unpaired) electrons. The molecule has 6 heteroatoms. The Balaban J connectivity index is 1.72. The molecule has 0 aliphatic heterocycles. The monoisotopic (exact) mass is 296 g/mol. The molecule has 2 N–H and O–H groups in total. The number of nitrogens with zero attached hydrogens (tertiary/aromatic N) is 1. The largest absolute Gasteiger partial charge is 0.481 e. The highest BCUT2D eigenvalue weighted by molar-refractivity contribution is 7.07. The van der Waals surface area contributed by atoms with E-state index in [4.69, 9.17) is 5.11 Å². The Morgan fingerprint density at radius 2 is 2.20 bits per heavy atom. The minimum absolute atomic E-state index is 0.0333. The highest BCUT2D eigenvalue weighted by atomic mass is 32.1. The van der Waals surface area contributed by atoms with Gasteiger partial charge in [0.15, 0.2) is 0 Å². The number of carbonyl (C=O) groups is 2. The van der Waals surface area contributed by atoms with Gasteiger partial charge in [-0.2, -0.15) is 11.3 Å². The molecule has 1 aromatic heterocycles. The summed E-state index contributed by atoms with van der Waals surface area (Å²) in [4.78, 5) is 24.4. The van der Waals surface area contributed by atoms with E-state index in [0.717, 1.165) is 12.8 Å². The molecule has 1 heterocycles. The predicted molar refractivity (Wildman–Crippen MR) is 77.8 cm³/mol. The summed E-state index contributed by atoms with van der Waals surface area (Å²) >= 11 is 1.64. The van der Waals surface area contributed by atoms with Crippen LogP contribution >= 0.6 is 11.3 Å². The maximum atomic E-state index is 12.1. The van der Waals surface area contributed by atoms with Crippen LogP contribution in [-0.4, -0.2) is 34.6 Å². The maximum Gasteiger partial charge on any atom is 0.317 e. The molecule has 0 bridgehead atoms. The Labute approximate surface area is 122 Å². The second kappa shape index (κ2) is 7.28. The number of carbonyl (C=O) groups excluding carboxylic acids is 1. The van der Waals surface area contributed by atoms with E-state index in [1.807, 2.05) is 16.3 Å². The Bertz CT molecular complexity index is 443. The first-order chi connectivity index (χ1) is 9.66. The van der Waals surface area contributed by atoms with Crippen LogP contribution in [0.2, 0.25) is 0 Å². The third-order valence-corrected chi connectivity index (χ3v) is 4.01. The Kier molecular flexibility index (Phi) is 5.40. The minimum atomic E-state index is -0.784. The zero-order valence-corrected chi connectivity index (χ0v) is 12.2. The lowest BCUT2D eigenvalue weighted by molar-refractivity contribution is -0.137. The highest BCUT2D eigenvalue weighted by Gasteiger charge is 2.32. The molecule has 1 aliphatic rings. The van der Waals surface area contributed by atoms with Crippen molar-refractivity contribution in [3.8, 4) is 0 Å². The average molecular weight is 296 g/mol. The lowest BCUT2D eigenvalue weighted by atomic mass is 10.2. The Hall–Kier alpha value is -1.56. The quantitative estimate of drug-likeness (QED) is 0.725. The lowest BCUT2D eigenvalue weighted by Crippen LogP contribution is -2.41. The van der Waals surface area contributed by atoms with Crippen LogP contribution in [0.5, 0.6) is 0 Å². The number of thiophene rings is 1. The molecule has 5 nitrogen and oxygen atoms in total. The van der Waals surface area contributed by atoms with E-state index in [2.05, 4.69) is 10.7 Å². The van der Waals surface area contributed by atoms with Crippen molar-refractivity contribution in [2.45, 2.75) is 44.7 Å². The SMILES string of the molecule is O=C(O)CCCCNC(=O)N(Cc1ccsc1)C1CC1. The molecule has 20 heavy (non-hydrogen) atoms. The first-order valence-corrected chi connectivity index (χ1v) is 7.88. The number of hydrogen-bond acceptors (Lipinski definition) is 3. The average Bonchev–Trinajstić information content (AvgIpc) is 3.12. The fraction of sp³-hybridized carbons (Fsp3) is 0.571. The molecule has 0 atom stereocenters. The van der Waals surface area contributed by atoms with E-state index in [1.165, 1.54) is 5.56 Å². The van der Waals surface area contributed by atoms with Crippen LogP contribution in [0.4, 0.5) is 4.79 Å². The molecule has 1 aromatic rings. The standard InChI is InChI=1S/C14H20N2O3S/c17-13(18)3-1-2-7-15-14(19)16(12-4-5-12)9-11-6-8-20-10-11/h6,8,10,12H,1-5,7,9H2,(H,15,19)(H,17,18). The zero-order valence-electron chi connectivity index (χ0n) is 11.4. The third-order valence-electron chi connectivity index (χ3n) is 3.28. The van der Waals surface area contributed by atoms with E-state index in [0.29, 0.717) is 32.0 Å². The summed E-state index contributed by atoms with van der Waals surface area (Å²) in [6, 6.07) is 2.38. The van der Waals surface area contributed by atoms with Gasteiger partial charge < -0.3 is 15.3 Å². The van der Waals surface area contributed by atoms with E-state index in [1.54, 1.807) is 11.3 Å². The first-order valence-electron chi connectivity index (χ1n) is 6.94. The summed E-state index contributed by atoms with van der Waals surface area (Å²) in [5.74, 6) is -0.784. The second-order valence-corrected chi connectivity index (χ2v) is 5.85. The van der Waals surface area contributed by atoms with Gasteiger partial charge in [0.05, 0.1) is 0 Å². The molecule has 0 aromatic carbocycles. The summed E-state index contributed by atoms with van der Waals surface area (Å²) in [6.07, 6.45) is 3.63. The van der Waals surface area contributed by atoms with Gasteiger partial charge in [0.25, 0.3) is 0 Å². The number of urea groups is 1. The highest BCUT2D eigenvalue weighted by Crippen LogP contribution is 2.28. The molecule has 0 spiro atoms. The van der Waals surface area contributed by atoms with Crippen LogP contribution < -0.4 is 5.32 Å². The van der Waals surface area contributed by atoms with Gasteiger partial charge in [-0.05, 0) is 48.1 Å². The number of rotatable bonds is 8. The second-order valence-electron chi connectivity index (χ2n) is 5.07. The Morgan fingerprint density at radius 1 is 1.40 bits per heavy atom. The van der Waals surface area contributed by atoms with E-state index < -0.39 is 5.97 Å². The van der Waals surface area contributed by atoms with Crippen LogP contribution in [0.1, 0.15) is 37.7 Å². The van der Waals surface area contributed by atoms with E-state index in [9.17, 15) is 9.59 Å². The van der Waals surface area contributed by atoms with E-state index >= 15 is 0 Å². The summed E-state index contributed by atoms with van der Waals surface area (Å²) in [7, 11) is 0. The smallest absolute Gasteiger partial charge is 0.317 e. The van der Waals surface area contributed by atoms with Crippen molar-refractivity contribution in [3.05, 3.63) is 22.4 Å². The first kappa shape index (κ1) is 14.8. The summed E-state index contributed by atoms with van der Waals surface area (Å²) in [6.45, 7) is 1.20. The van der Waals surface area contributed by atoms with Crippen LogP contribution in [0.15, 0.2) is 16.8 Å². The summed E-state index contributed by atoms with van der Waals surface area (Å²) in [5, 5.41) is 15.5. The molecule has 0 unspecified atom stereocenters. The molecule has 2 amide bonds. The maximum absolute atomic E-state index is 12.1. The number of hydrogen-bond donors (Lipinski definition) is 2. The van der Waals surface area contributed by atoms with Crippen LogP contribution in [0.3, 0.4) is 0 Å². The molecule has 1 fully saturated rings. The molecule has 1 saturated carbocycles. The van der Waals surface area contributed by atoms with Crippen molar-refractivity contribution in [3.63, 3.8) is 0 Å². The van der Waals surface area contributed by atoms with Crippen molar-refractivity contribution >= 4 is 23.3 Å². The van der Waals surface area contributed by atoms with Crippen molar-refractivity contribution in [1.29, 1.82) is 0 Å². The molecule has 110 valence electrons. The van der Waals surface area contributed by atoms with Gasteiger partial charge in [0, 0.05) is 25.6 Å². The number of carboxylic acid groups (broad SMARTS) is 1. The zero-order chi connectivity index (χ0) is 14.4. The van der Waals surface area contributed by atoms with Crippen LogP contribution in [-0.2, 0) is 11.3 Å². The number of unbranched alkanes of at least 4 members (excludes halogenated alkanes) is 1. The third kappa shape index (κ3) is 4.85. The number of nitrogens with one attached hydrogen (secondary N) is 1. The van der Waals surface area contributed by atoms with Crippen LogP contribution in [0.25, 0.3) is 0 Å². The van der Waals surface area contributed by atoms with Gasteiger partial charge in [-0.1, -0.05) is 0 Å². The van der Waals surface area contributed by atoms with Gasteiger partial charge >= 0.3 is 12.0 Å². The van der Waals surface area contributed by atoms with Crippen molar-refractivity contribution in [1.82, 2.24) is 10.2 Å². The predicted octanol–water partition coefficient (Wildman–Crippen LogP) is 2.68. The van der Waals surface area contributed by atoms with Gasteiger partial charge in [0.1, 0.15) is 0 Å². The molecule has 2 rings (SSSR count). The molecular weight excluding hydrogens is 276 g/mol. The molecule has 0 saturated heterocycles. The Morgan fingerprint density at radius 3 is 2.80 bits per heavy atom. The number of amides is 2. The number of aliphatic carboxylic acids is 1. The van der Waals surface area contributed by atoms with Crippen molar-refractivity contribution in [2.75, 3.05) is 6.54 Å². The summed E-state index contributed by atoms with van der Waals surface area (Å²) in [5.41, 5.74) is 1.17. The fourth-order valence-corrected chi connectivity index (χ4v) is 2.69. The summed E-state index contributed by atoms with van der Waals surface area (Å²) < 4.78 is 0. The normalized spacial score (nSPS) is 14.0. The topological polar surface area (TPSA) is 69.6 Å². The van der Waals surface area contributed by atoms with E-state index in [-0.39, 0.29) is 12.5 Å². The van der Waals surface area contributed by atoms with Gasteiger partial charge in [0.2, 0.25) is 0 Å². The lowest BCUT2D eigenvalue weighted by Gasteiger charge is -2.22. The minimum Gasteiger partial charge on any atom is -0.481 e. The molecule has 1 aliphatic carbocycles. The van der Waals surface area contributed by atoms with Crippen LogP contribution in [0, 0.1) is 0 Å². The van der Waals surface area contributed by atoms with Gasteiger partial charge in [-0.25, -0.2) is 4.79 Å². The van der Waals surface area contributed by atoms with Crippen molar-refractivity contribution < 1.29 is 14.7 Å². The molecular formula is C14H20N2O3S. The van der Waals surface area contributed by atoms with Gasteiger partial charge in [-0.3, -0.25) is 4.79 Å². The van der Waals surface area contributed by atoms with Gasteiger partial charge in [-0.15, -0.1) is 0 Å².